The van der Waals surface area contributed by atoms with Gasteiger partial charge >= 0.3 is 0 Å². The van der Waals surface area contributed by atoms with Crippen molar-refractivity contribution in [2.75, 3.05) is 32.8 Å². The molecule has 0 saturated carbocycles. The molecule has 0 N–H and O–H groups in total. The van der Waals surface area contributed by atoms with Crippen LogP contribution in [-0.4, -0.2) is 54.7 Å². The van der Waals surface area contributed by atoms with Crippen LogP contribution in [-0.2, 0) is 0 Å². The molecule has 0 aliphatic carbocycles. The lowest BCUT2D eigenvalue weighted by Crippen LogP contribution is -2.55. The first-order valence-electron chi connectivity index (χ1n) is 7.87. The molecule has 3 rings (SSSR count). The number of piperazine rings is 1. The Labute approximate surface area is 126 Å². The molecule has 21 heavy (non-hydrogen) atoms. The Balaban J connectivity index is 1.47. The number of hydrogen-bond donors (Lipinski definition) is 0. The lowest BCUT2D eigenvalue weighted by molar-refractivity contribution is 0.0500. The van der Waals surface area contributed by atoms with Gasteiger partial charge in [0.25, 0.3) is 0 Å². The Morgan fingerprint density at radius 1 is 1.29 bits per heavy atom. The van der Waals surface area contributed by atoms with Crippen LogP contribution in [0.1, 0.15) is 25.3 Å². The molecule has 112 valence electrons. The van der Waals surface area contributed by atoms with Crippen molar-refractivity contribution in [1.29, 1.82) is 5.26 Å². The summed E-state index contributed by atoms with van der Waals surface area (Å²) in [4.78, 5) is 5.19. The maximum atomic E-state index is 8.78. The van der Waals surface area contributed by atoms with Crippen molar-refractivity contribution < 1.29 is 4.74 Å². The van der Waals surface area contributed by atoms with Gasteiger partial charge in [-0.25, -0.2) is 0 Å². The average molecular weight is 285 g/mol. The van der Waals surface area contributed by atoms with Crippen molar-refractivity contribution in [1.82, 2.24) is 9.80 Å². The van der Waals surface area contributed by atoms with Crippen LogP contribution in [0.2, 0.25) is 0 Å². The first-order valence-corrected chi connectivity index (χ1v) is 7.87. The van der Waals surface area contributed by atoms with Crippen molar-refractivity contribution in [2.45, 2.75) is 31.8 Å². The van der Waals surface area contributed by atoms with Crippen LogP contribution in [0.25, 0.3) is 0 Å². The summed E-state index contributed by atoms with van der Waals surface area (Å²) in [5, 5.41) is 8.78. The van der Waals surface area contributed by atoms with Crippen molar-refractivity contribution in [3.05, 3.63) is 29.8 Å². The molecular weight excluding hydrogens is 262 g/mol. The van der Waals surface area contributed by atoms with E-state index in [1.54, 1.807) is 12.1 Å². The summed E-state index contributed by atoms with van der Waals surface area (Å²) >= 11 is 0. The van der Waals surface area contributed by atoms with Gasteiger partial charge in [0.1, 0.15) is 12.4 Å². The largest absolute Gasteiger partial charge is 0.492 e. The highest BCUT2D eigenvalue weighted by atomic mass is 16.5. The molecule has 0 amide bonds. The first kappa shape index (κ1) is 14.4. The van der Waals surface area contributed by atoms with Gasteiger partial charge in [-0.15, -0.1) is 0 Å². The summed E-state index contributed by atoms with van der Waals surface area (Å²) < 4.78 is 5.80. The van der Waals surface area contributed by atoms with E-state index >= 15 is 0 Å². The van der Waals surface area contributed by atoms with Crippen LogP contribution in [0.15, 0.2) is 24.3 Å². The Bertz CT molecular complexity index is 508. The maximum Gasteiger partial charge on any atom is 0.119 e. The van der Waals surface area contributed by atoms with Crippen LogP contribution < -0.4 is 4.74 Å². The van der Waals surface area contributed by atoms with E-state index in [2.05, 4.69) is 22.8 Å². The second-order valence-corrected chi connectivity index (χ2v) is 6.12. The lowest BCUT2D eigenvalue weighted by Gasteiger charge is -2.42. The average Bonchev–Trinajstić information content (AvgIpc) is 2.95. The number of benzene rings is 1. The van der Waals surface area contributed by atoms with Gasteiger partial charge in [-0.05, 0) is 50.6 Å². The fraction of sp³-hybridized carbons (Fsp3) is 0.588. The minimum atomic E-state index is 0.615. The highest BCUT2D eigenvalue weighted by Crippen LogP contribution is 2.24. The van der Waals surface area contributed by atoms with E-state index in [1.165, 1.54) is 32.5 Å². The molecule has 2 unspecified atom stereocenters. The molecule has 4 nitrogen and oxygen atoms in total. The lowest BCUT2D eigenvalue weighted by atomic mass is 10.1. The highest BCUT2D eigenvalue weighted by Gasteiger charge is 2.33. The molecule has 4 heteroatoms. The zero-order chi connectivity index (χ0) is 14.7. The zero-order valence-corrected chi connectivity index (χ0v) is 12.7. The van der Waals surface area contributed by atoms with E-state index in [9.17, 15) is 0 Å². The predicted molar refractivity (Wildman–Crippen MR) is 82.3 cm³/mol. The second kappa shape index (κ2) is 6.46. The minimum absolute atomic E-state index is 0.615. The fourth-order valence-electron chi connectivity index (χ4n) is 3.47. The second-order valence-electron chi connectivity index (χ2n) is 6.12. The van der Waals surface area contributed by atoms with Crippen LogP contribution in [0.4, 0.5) is 0 Å². The number of ether oxygens (including phenoxy) is 1. The summed E-state index contributed by atoms with van der Waals surface area (Å²) in [6, 6.07) is 10.8. The Kier molecular flexibility index (Phi) is 4.42. The van der Waals surface area contributed by atoms with Gasteiger partial charge < -0.3 is 4.74 Å². The van der Waals surface area contributed by atoms with E-state index < -0.39 is 0 Å². The van der Waals surface area contributed by atoms with E-state index in [0.29, 0.717) is 18.2 Å². The number of fused-ring (bicyclic) bond motifs is 1. The van der Waals surface area contributed by atoms with Crippen molar-refractivity contribution in [2.24, 2.45) is 0 Å². The monoisotopic (exact) mass is 285 g/mol. The standard InChI is InChI=1S/C17H23N3O/c1-14-12-20-8-2-3-16(20)13-19(14)9-10-21-17-6-4-15(11-18)5-7-17/h4-7,14,16H,2-3,8-10,12-13H2,1H3. The number of hydrogen-bond acceptors (Lipinski definition) is 4. The number of nitrogens with zero attached hydrogens (tertiary/aromatic N) is 3. The summed E-state index contributed by atoms with van der Waals surface area (Å²) in [6.07, 6.45) is 2.70. The fourth-order valence-corrected chi connectivity index (χ4v) is 3.47. The molecule has 0 bridgehead atoms. The molecule has 0 spiro atoms. The normalized spacial score (nSPS) is 26.3. The summed E-state index contributed by atoms with van der Waals surface area (Å²) in [5.74, 6) is 0.848. The van der Waals surface area contributed by atoms with Gasteiger partial charge in [0, 0.05) is 31.7 Å². The maximum absolute atomic E-state index is 8.78. The summed E-state index contributed by atoms with van der Waals surface area (Å²) in [5.41, 5.74) is 0.674. The van der Waals surface area contributed by atoms with Gasteiger partial charge in [-0.1, -0.05) is 0 Å². The highest BCUT2D eigenvalue weighted by molar-refractivity contribution is 5.34. The predicted octanol–water partition coefficient (Wildman–Crippen LogP) is 2.11. The number of rotatable bonds is 4. The third kappa shape index (κ3) is 3.37. The topological polar surface area (TPSA) is 39.5 Å². The van der Waals surface area contributed by atoms with E-state index in [1.807, 2.05) is 12.1 Å². The number of nitriles is 1. The first-order chi connectivity index (χ1) is 10.3. The molecule has 1 aromatic rings. The van der Waals surface area contributed by atoms with Gasteiger partial charge in [0.2, 0.25) is 0 Å². The van der Waals surface area contributed by atoms with Gasteiger partial charge in [0.15, 0.2) is 0 Å². The Hall–Kier alpha value is -1.57. The quantitative estimate of drug-likeness (QED) is 0.849. The Morgan fingerprint density at radius 2 is 2.10 bits per heavy atom. The zero-order valence-electron chi connectivity index (χ0n) is 12.7. The SMILES string of the molecule is CC1CN2CCCC2CN1CCOc1ccc(C#N)cc1. The summed E-state index contributed by atoms with van der Waals surface area (Å²) in [7, 11) is 0. The van der Waals surface area contributed by atoms with Gasteiger partial charge in [0.05, 0.1) is 11.6 Å². The molecule has 2 aliphatic rings. The minimum Gasteiger partial charge on any atom is -0.492 e. The summed E-state index contributed by atoms with van der Waals surface area (Å²) in [6.45, 7) is 7.66. The molecule has 2 saturated heterocycles. The van der Waals surface area contributed by atoms with Gasteiger partial charge in [-0.3, -0.25) is 9.80 Å². The third-order valence-electron chi connectivity index (χ3n) is 4.70. The van der Waals surface area contributed by atoms with Crippen molar-refractivity contribution in [3.63, 3.8) is 0 Å². The van der Waals surface area contributed by atoms with Crippen LogP contribution >= 0.6 is 0 Å². The molecule has 0 radical (unpaired) electrons. The molecule has 2 fully saturated rings. The van der Waals surface area contributed by atoms with E-state index in [0.717, 1.165) is 18.3 Å². The van der Waals surface area contributed by atoms with Crippen LogP contribution in [0, 0.1) is 11.3 Å². The van der Waals surface area contributed by atoms with Crippen LogP contribution in [0.5, 0.6) is 5.75 Å². The van der Waals surface area contributed by atoms with E-state index in [-0.39, 0.29) is 0 Å². The molecule has 1 aromatic carbocycles. The van der Waals surface area contributed by atoms with Crippen LogP contribution in [0.3, 0.4) is 0 Å². The smallest absolute Gasteiger partial charge is 0.119 e. The molecule has 2 heterocycles. The van der Waals surface area contributed by atoms with Crippen molar-refractivity contribution in [3.8, 4) is 11.8 Å². The molecule has 2 aliphatic heterocycles. The molecule has 0 aromatic heterocycles. The Morgan fingerprint density at radius 3 is 2.86 bits per heavy atom. The van der Waals surface area contributed by atoms with Crippen molar-refractivity contribution >= 4 is 0 Å². The molecular formula is C17H23N3O. The van der Waals surface area contributed by atoms with Gasteiger partial charge in [-0.2, -0.15) is 5.26 Å². The third-order valence-corrected chi connectivity index (χ3v) is 4.70. The molecule has 2 atom stereocenters. The van der Waals surface area contributed by atoms with E-state index in [4.69, 9.17) is 10.00 Å².